The summed E-state index contributed by atoms with van der Waals surface area (Å²) in [6, 6.07) is 5.36. The van der Waals surface area contributed by atoms with Gasteiger partial charge in [-0.3, -0.25) is 9.67 Å². The second kappa shape index (κ2) is 6.10. The van der Waals surface area contributed by atoms with Crippen LogP contribution in [0.25, 0.3) is 0 Å². The summed E-state index contributed by atoms with van der Waals surface area (Å²) in [6.45, 7) is 1.16. The Balaban J connectivity index is 2.00. The summed E-state index contributed by atoms with van der Waals surface area (Å²) in [6.07, 6.45) is 3.41. The molecular weight excluding hydrogens is 244 g/mol. The van der Waals surface area contributed by atoms with Crippen molar-refractivity contribution in [3.05, 3.63) is 47.5 Å². The van der Waals surface area contributed by atoms with E-state index < -0.39 is 0 Å². The van der Waals surface area contributed by atoms with E-state index in [4.69, 9.17) is 4.74 Å². The van der Waals surface area contributed by atoms with Gasteiger partial charge in [0.05, 0.1) is 24.1 Å². The molecule has 2 rings (SSSR count). The average Bonchev–Trinajstić information content (AvgIpc) is 2.84. The van der Waals surface area contributed by atoms with Crippen molar-refractivity contribution in [2.45, 2.75) is 13.1 Å². The van der Waals surface area contributed by atoms with Gasteiger partial charge in [0.2, 0.25) is 0 Å². The van der Waals surface area contributed by atoms with Gasteiger partial charge >= 0.3 is 5.97 Å². The highest BCUT2D eigenvalue weighted by Gasteiger charge is 2.11. The molecule has 0 aliphatic heterocycles. The third kappa shape index (κ3) is 3.17. The van der Waals surface area contributed by atoms with Crippen LogP contribution in [0.3, 0.4) is 0 Å². The molecule has 100 valence electrons. The van der Waals surface area contributed by atoms with Crippen LogP contribution < -0.4 is 5.32 Å². The number of carbonyl (C=O) groups excluding carboxylic acids is 1. The van der Waals surface area contributed by atoms with Crippen molar-refractivity contribution < 1.29 is 9.53 Å². The molecule has 19 heavy (non-hydrogen) atoms. The lowest BCUT2D eigenvalue weighted by atomic mass is 10.2. The van der Waals surface area contributed by atoms with E-state index in [1.165, 1.54) is 7.11 Å². The maximum atomic E-state index is 11.6. The molecule has 0 aromatic carbocycles. The SMILES string of the molecule is COC(=O)c1cccnc1CNCc1ccnn1C. The fraction of sp³-hybridized carbons (Fsp3) is 0.308. The number of pyridine rings is 1. The molecule has 6 heteroatoms. The first-order valence-electron chi connectivity index (χ1n) is 5.92. The van der Waals surface area contributed by atoms with Crippen LogP contribution in [0.1, 0.15) is 21.7 Å². The van der Waals surface area contributed by atoms with E-state index in [1.54, 1.807) is 29.2 Å². The first kappa shape index (κ1) is 13.2. The fourth-order valence-corrected chi connectivity index (χ4v) is 1.76. The highest BCUT2D eigenvalue weighted by atomic mass is 16.5. The van der Waals surface area contributed by atoms with Crippen molar-refractivity contribution in [2.24, 2.45) is 7.05 Å². The maximum absolute atomic E-state index is 11.6. The van der Waals surface area contributed by atoms with E-state index in [-0.39, 0.29) is 5.97 Å². The van der Waals surface area contributed by atoms with Crippen molar-refractivity contribution in [1.82, 2.24) is 20.1 Å². The number of aromatic nitrogens is 3. The Labute approximate surface area is 111 Å². The molecule has 6 nitrogen and oxygen atoms in total. The lowest BCUT2D eigenvalue weighted by Crippen LogP contribution is -2.18. The van der Waals surface area contributed by atoms with Crippen LogP contribution in [0.2, 0.25) is 0 Å². The number of rotatable bonds is 5. The normalized spacial score (nSPS) is 10.4. The molecule has 2 aromatic rings. The minimum Gasteiger partial charge on any atom is -0.465 e. The number of nitrogens with one attached hydrogen (secondary N) is 1. The zero-order chi connectivity index (χ0) is 13.7. The van der Waals surface area contributed by atoms with E-state index in [2.05, 4.69) is 15.4 Å². The first-order valence-corrected chi connectivity index (χ1v) is 5.92. The Bertz CT molecular complexity index is 565. The van der Waals surface area contributed by atoms with Gasteiger partial charge in [-0.05, 0) is 18.2 Å². The van der Waals surface area contributed by atoms with E-state index in [1.807, 2.05) is 13.1 Å². The number of carbonyl (C=O) groups is 1. The zero-order valence-corrected chi connectivity index (χ0v) is 11.0. The third-order valence-corrected chi connectivity index (χ3v) is 2.82. The van der Waals surface area contributed by atoms with E-state index in [9.17, 15) is 4.79 Å². The largest absolute Gasteiger partial charge is 0.465 e. The van der Waals surface area contributed by atoms with E-state index in [0.29, 0.717) is 24.3 Å². The van der Waals surface area contributed by atoms with Gasteiger partial charge < -0.3 is 10.1 Å². The molecule has 0 saturated carbocycles. The van der Waals surface area contributed by atoms with E-state index in [0.717, 1.165) is 5.69 Å². The van der Waals surface area contributed by atoms with Gasteiger partial charge in [0, 0.05) is 32.5 Å². The summed E-state index contributed by atoms with van der Waals surface area (Å²) in [5, 5.41) is 7.32. The predicted octanol–water partition coefficient (Wildman–Crippen LogP) is 0.891. The standard InChI is InChI=1S/C13H16N4O2/c1-17-10(5-7-16-17)8-14-9-12-11(13(18)19-2)4-3-6-15-12/h3-7,14H,8-9H2,1-2H3. The van der Waals surface area contributed by atoms with Crippen molar-refractivity contribution in [3.8, 4) is 0 Å². The number of methoxy groups -OCH3 is 1. The smallest absolute Gasteiger partial charge is 0.339 e. The molecule has 0 fully saturated rings. The molecular formula is C13H16N4O2. The Morgan fingerprint density at radius 1 is 1.37 bits per heavy atom. The fourth-order valence-electron chi connectivity index (χ4n) is 1.76. The summed E-state index contributed by atoms with van der Waals surface area (Å²) in [4.78, 5) is 15.8. The third-order valence-electron chi connectivity index (χ3n) is 2.82. The molecule has 0 spiro atoms. The van der Waals surface area contributed by atoms with Crippen LogP contribution >= 0.6 is 0 Å². The topological polar surface area (TPSA) is 69.0 Å². The molecule has 0 unspecified atom stereocenters. The number of nitrogens with zero attached hydrogens (tertiary/aromatic N) is 3. The van der Waals surface area contributed by atoms with Gasteiger partial charge in [-0.1, -0.05) is 0 Å². The maximum Gasteiger partial charge on any atom is 0.339 e. The summed E-state index contributed by atoms with van der Waals surface area (Å²) in [5.74, 6) is -0.370. The molecule has 0 amide bonds. The first-order chi connectivity index (χ1) is 9.22. The molecule has 0 bridgehead atoms. The number of hydrogen-bond donors (Lipinski definition) is 1. The Morgan fingerprint density at radius 2 is 2.21 bits per heavy atom. The minimum absolute atomic E-state index is 0.370. The Morgan fingerprint density at radius 3 is 2.89 bits per heavy atom. The van der Waals surface area contributed by atoms with Crippen molar-refractivity contribution in [1.29, 1.82) is 0 Å². The van der Waals surface area contributed by atoms with Crippen LogP contribution in [-0.2, 0) is 24.9 Å². The number of ether oxygens (including phenoxy) is 1. The summed E-state index contributed by atoms with van der Waals surface area (Å²) in [5.41, 5.74) is 2.23. The van der Waals surface area contributed by atoms with Crippen LogP contribution in [-0.4, -0.2) is 27.8 Å². The monoisotopic (exact) mass is 260 g/mol. The van der Waals surface area contributed by atoms with Gasteiger partial charge in [-0.25, -0.2) is 4.79 Å². The summed E-state index contributed by atoms with van der Waals surface area (Å²) >= 11 is 0. The molecule has 2 aromatic heterocycles. The lowest BCUT2D eigenvalue weighted by Gasteiger charge is -2.08. The van der Waals surface area contributed by atoms with Crippen molar-refractivity contribution >= 4 is 5.97 Å². The van der Waals surface area contributed by atoms with E-state index >= 15 is 0 Å². The van der Waals surface area contributed by atoms with Crippen LogP contribution in [0.15, 0.2) is 30.6 Å². The van der Waals surface area contributed by atoms with Crippen molar-refractivity contribution in [2.75, 3.05) is 7.11 Å². The Hall–Kier alpha value is -2.21. The molecule has 0 saturated heterocycles. The van der Waals surface area contributed by atoms with Crippen molar-refractivity contribution in [3.63, 3.8) is 0 Å². The summed E-state index contributed by atoms with van der Waals surface area (Å²) in [7, 11) is 3.25. The minimum atomic E-state index is -0.370. The lowest BCUT2D eigenvalue weighted by molar-refractivity contribution is 0.0598. The summed E-state index contributed by atoms with van der Waals surface area (Å²) < 4.78 is 6.53. The highest BCUT2D eigenvalue weighted by molar-refractivity contribution is 5.90. The second-order valence-corrected chi connectivity index (χ2v) is 4.04. The predicted molar refractivity (Wildman–Crippen MR) is 69.3 cm³/mol. The highest BCUT2D eigenvalue weighted by Crippen LogP contribution is 2.07. The molecule has 0 aliphatic carbocycles. The van der Waals surface area contributed by atoms with Gasteiger partial charge in [-0.15, -0.1) is 0 Å². The number of hydrogen-bond acceptors (Lipinski definition) is 5. The molecule has 2 heterocycles. The van der Waals surface area contributed by atoms with Gasteiger partial charge in [0.15, 0.2) is 0 Å². The average molecular weight is 260 g/mol. The van der Waals surface area contributed by atoms with Crippen LogP contribution in [0, 0.1) is 0 Å². The van der Waals surface area contributed by atoms with Crippen LogP contribution in [0.4, 0.5) is 0 Å². The number of esters is 1. The molecule has 0 radical (unpaired) electrons. The Kier molecular flexibility index (Phi) is 4.25. The molecule has 1 N–H and O–H groups in total. The zero-order valence-electron chi connectivity index (χ0n) is 11.0. The molecule has 0 aliphatic rings. The van der Waals surface area contributed by atoms with Gasteiger partial charge in [0.1, 0.15) is 0 Å². The second-order valence-electron chi connectivity index (χ2n) is 4.04. The van der Waals surface area contributed by atoms with Gasteiger partial charge in [-0.2, -0.15) is 5.10 Å². The quantitative estimate of drug-likeness (QED) is 0.809. The molecule has 0 atom stereocenters. The van der Waals surface area contributed by atoms with Gasteiger partial charge in [0.25, 0.3) is 0 Å². The number of aryl methyl sites for hydroxylation is 1. The van der Waals surface area contributed by atoms with Crippen LogP contribution in [0.5, 0.6) is 0 Å².